The summed E-state index contributed by atoms with van der Waals surface area (Å²) in [4.78, 5) is 36.7. The molecule has 2 aromatic carbocycles. The van der Waals surface area contributed by atoms with E-state index in [-0.39, 0.29) is 29.5 Å². The number of rotatable bonds is 6. The highest BCUT2D eigenvalue weighted by Crippen LogP contribution is 2.24. The lowest BCUT2D eigenvalue weighted by molar-refractivity contribution is -0.385. The van der Waals surface area contributed by atoms with Gasteiger partial charge in [-0.3, -0.25) is 14.9 Å². The number of piperidine rings is 1. The summed E-state index contributed by atoms with van der Waals surface area (Å²) in [6.45, 7) is 0.951. The van der Waals surface area contributed by atoms with Crippen molar-refractivity contribution in [1.29, 1.82) is 0 Å². The van der Waals surface area contributed by atoms with Crippen molar-refractivity contribution in [3.63, 3.8) is 0 Å². The van der Waals surface area contributed by atoms with Crippen molar-refractivity contribution in [2.24, 2.45) is 5.92 Å². The molecule has 1 aliphatic heterocycles. The zero-order valence-corrected chi connectivity index (χ0v) is 18.6. The predicted molar refractivity (Wildman–Crippen MR) is 118 cm³/mol. The molecule has 0 bridgehead atoms. The minimum absolute atomic E-state index is 0.0750. The molecule has 33 heavy (non-hydrogen) atoms. The summed E-state index contributed by atoms with van der Waals surface area (Å²) in [6.07, 6.45) is 2.31. The average Bonchev–Trinajstić information content (AvgIpc) is 2.76. The number of carbonyl (C=O) groups is 2. The molecular formula is C21H23FN4O6S. The van der Waals surface area contributed by atoms with E-state index in [1.165, 1.54) is 23.1 Å². The van der Waals surface area contributed by atoms with Crippen LogP contribution in [0.25, 0.3) is 0 Å². The van der Waals surface area contributed by atoms with Crippen LogP contribution < -0.4 is 10.6 Å². The summed E-state index contributed by atoms with van der Waals surface area (Å²) in [7, 11) is -3.76. The fourth-order valence-corrected chi connectivity index (χ4v) is 4.28. The first-order valence-electron chi connectivity index (χ1n) is 10.1. The first-order chi connectivity index (χ1) is 15.5. The summed E-state index contributed by atoms with van der Waals surface area (Å²) >= 11 is 0. The summed E-state index contributed by atoms with van der Waals surface area (Å²) in [5.74, 6) is -1.07. The number of sulfone groups is 1. The lowest BCUT2D eigenvalue weighted by atomic mass is 9.97. The summed E-state index contributed by atoms with van der Waals surface area (Å²) < 4.78 is 37.0. The molecule has 10 nitrogen and oxygen atoms in total. The van der Waals surface area contributed by atoms with Crippen LogP contribution in [-0.4, -0.2) is 56.1 Å². The zero-order valence-electron chi connectivity index (χ0n) is 17.8. The maximum Gasteiger partial charge on any atom is 0.319 e. The quantitative estimate of drug-likeness (QED) is 0.484. The first kappa shape index (κ1) is 24.1. The van der Waals surface area contributed by atoms with Crippen molar-refractivity contribution in [2.45, 2.75) is 17.7 Å². The second-order valence-corrected chi connectivity index (χ2v) is 9.87. The molecule has 1 aliphatic rings. The average molecular weight is 479 g/mol. The molecule has 1 atom stereocenters. The van der Waals surface area contributed by atoms with Crippen LogP contribution in [0, 0.1) is 21.8 Å². The summed E-state index contributed by atoms with van der Waals surface area (Å²) in [5, 5.41) is 16.4. The van der Waals surface area contributed by atoms with E-state index in [4.69, 9.17) is 0 Å². The standard InChI is InChI=1S/C21H23FN4O6S/c1-33(31,32)19-9-15(8-18(11-19)26(29)30)20(27)25-7-3-4-14(13-25)12-23-21(28)24-17-6-2-5-16(22)10-17/h2,5-6,8-11,14H,3-4,7,12-13H2,1H3,(H2,23,24,28). The fourth-order valence-electron chi connectivity index (χ4n) is 3.60. The Labute approximate surface area is 189 Å². The first-order valence-corrected chi connectivity index (χ1v) is 12.0. The van der Waals surface area contributed by atoms with Crippen molar-refractivity contribution in [3.8, 4) is 0 Å². The minimum atomic E-state index is -3.76. The van der Waals surface area contributed by atoms with Crippen LogP contribution in [0.15, 0.2) is 47.4 Å². The number of halogens is 1. The van der Waals surface area contributed by atoms with Gasteiger partial charge in [0.05, 0.1) is 9.82 Å². The van der Waals surface area contributed by atoms with Gasteiger partial charge in [-0.2, -0.15) is 0 Å². The van der Waals surface area contributed by atoms with E-state index in [1.807, 2.05) is 0 Å². The van der Waals surface area contributed by atoms with E-state index in [9.17, 15) is 32.5 Å². The molecule has 1 saturated heterocycles. The Balaban J connectivity index is 1.65. The highest BCUT2D eigenvalue weighted by Gasteiger charge is 2.27. The van der Waals surface area contributed by atoms with E-state index < -0.39 is 38.2 Å². The van der Waals surface area contributed by atoms with Crippen molar-refractivity contribution in [3.05, 3.63) is 64.0 Å². The van der Waals surface area contributed by atoms with E-state index in [2.05, 4.69) is 10.6 Å². The minimum Gasteiger partial charge on any atom is -0.338 e. The topological polar surface area (TPSA) is 139 Å². The smallest absolute Gasteiger partial charge is 0.319 e. The van der Waals surface area contributed by atoms with Crippen molar-refractivity contribution >= 4 is 33.2 Å². The Morgan fingerprint density at radius 1 is 1.24 bits per heavy atom. The number of nitrogens with zero attached hydrogens (tertiary/aromatic N) is 2. The molecule has 3 rings (SSSR count). The van der Waals surface area contributed by atoms with Gasteiger partial charge in [-0.25, -0.2) is 17.6 Å². The molecular weight excluding hydrogens is 455 g/mol. The maximum atomic E-state index is 13.2. The third-order valence-electron chi connectivity index (χ3n) is 5.22. The van der Waals surface area contributed by atoms with Gasteiger partial charge in [-0.1, -0.05) is 6.07 Å². The molecule has 1 heterocycles. The number of nitro groups is 1. The molecule has 3 amide bonds. The summed E-state index contributed by atoms with van der Waals surface area (Å²) in [5.41, 5.74) is -0.257. The molecule has 12 heteroatoms. The van der Waals surface area contributed by atoms with Crippen LogP contribution >= 0.6 is 0 Å². The third kappa shape index (κ3) is 6.48. The van der Waals surface area contributed by atoms with Crippen LogP contribution in [0.4, 0.5) is 20.6 Å². The number of anilines is 1. The Bertz CT molecular complexity index is 1190. The number of nitro benzene ring substituents is 1. The fraction of sp³-hybridized carbons (Fsp3) is 0.333. The van der Waals surface area contributed by atoms with Crippen LogP contribution in [0.5, 0.6) is 0 Å². The molecule has 176 valence electrons. The number of benzene rings is 2. The van der Waals surface area contributed by atoms with Gasteiger partial charge in [0.2, 0.25) is 0 Å². The third-order valence-corrected chi connectivity index (χ3v) is 6.31. The van der Waals surface area contributed by atoms with Crippen LogP contribution in [-0.2, 0) is 9.84 Å². The van der Waals surface area contributed by atoms with Gasteiger partial charge >= 0.3 is 6.03 Å². The number of non-ortho nitro benzene ring substituents is 1. The predicted octanol–water partition coefficient (Wildman–Crippen LogP) is 2.81. The number of amides is 3. The van der Waals surface area contributed by atoms with Gasteiger partial charge in [-0.05, 0) is 43.0 Å². The molecule has 1 fully saturated rings. The van der Waals surface area contributed by atoms with Crippen molar-refractivity contribution in [1.82, 2.24) is 10.2 Å². The molecule has 1 unspecified atom stereocenters. The van der Waals surface area contributed by atoms with Crippen LogP contribution in [0.1, 0.15) is 23.2 Å². The second kappa shape index (κ2) is 9.94. The Morgan fingerprint density at radius 2 is 2.00 bits per heavy atom. The number of urea groups is 1. The highest BCUT2D eigenvalue weighted by molar-refractivity contribution is 7.90. The van der Waals surface area contributed by atoms with E-state index in [0.717, 1.165) is 30.9 Å². The van der Waals surface area contributed by atoms with Crippen LogP contribution in [0.3, 0.4) is 0 Å². The van der Waals surface area contributed by atoms with Crippen molar-refractivity contribution in [2.75, 3.05) is 31.2 Å². The Kier molecular flexibility index (Phi) is 7.26. The lowest BCUT2D eigenvalue weighted by Gasteiger charge is -2.33. The molecule has 0 radical (unpaired) electrons. The molecule has 0 saturated carbocycles. The lowest BCUT2D eigenvalue weighted by Crippen LogP contribution is -2.44. The van der Waals surface area contributed by atoms with Gasteiger partial charge < -0.3 is 15.5 Å². The molecule has 2 aromatic rings. The SMILES string of the molecule is CS(=O)(=O)c1cc(C(=O)N2CCCC(CNC(=O)Nc3cccc(F)c3)C2)cc([N+](=O)[O-])c1. The highest BCUT2D eigenvalue weighted by atomic mass is 32.2. The van der Waals surface area contributed by atoms with E-state index in [1.54, 1.807) is 6.07 Å². The zero-order chi connectivity index (χ0) is 24.2. The normalized spacial score (nSPS) is 16.2. The van der Waals surface area contributed by atoms with E-state index >= 15 is 0 Å². The molecule has 0 aliphatic carbocycles. The van der Waals surface area contributed by atoms with Gasteiger partial charge in [0, 0.05) is 49.3 Å². The van der Waals surface area contributed by atoms with Crippen LogP contribution in [0.2, 0.25) is 0 Å². The number of carbonyl (C=O) groups excluding carboxylic acids is 2. The van der Waals surface area contributed by atoms with Gasteiger partial charge in [0.25, 0.3) is 11.6 Å². The maximum absolute atomic E-state index is 13.2. The molecule has 2 N–H and O–H groups in total. The van der Waals surface area contributed by atoms with E-state index in [0.29, 0.717) is 18.7 Å². The molecule has 0 spiro atoms. The number of hydrogen-bond donors (Lipinski definition) is 2. The Hall–Kier alpha value is -3.54. The monoisotopic (exact) mass is 478 g/mol. The number of likely N-dealkylation sites (tertiary alicyclic amines) is 1. The largest absolute Gasteiger partial charge is 0.338 e. The number of nitrogens with one attached hydrogen (secondary N) is 2. The summed E-state index contributed by atoms with van der Waals surface area (Å²) in [6, 6.07) is 8.07. The van der Waals surface area contributed by atoms with Gasteiger partial charge in [-0.15, -0.1) is 0 Å². The number of hydrogen-bond acceptors (Lipinski definition) is 6. The van der Waals surface area contributed by atoms with Gasteiger partial charge in [0.1, 0.15) is 5.82 Å². The second-order valence-electron chi connectivity index (χ2n) is 7.85. The van der Waals surface area contributed by atoms with Crippen molar-refractivity contribution < 1.29 is 27.3 Å². The Morgan fingerprint density at radius 3 is 2.67 bits per heavy atom. The van der Waals surface area contributed by atoms with Gasteiger partial charge in [0.15, 0.2) is 9.84 Å². The molecule has 0 aromatic heterocycles.